The van der Waals surface area contributed by atoms with Gasteiger partial charge in [-0.2, -0.15) is 4.31 Å². The van der Waals surface area contributed by atoms with E-state index in [1.54, 1.807) is 6.92 Å². The first-order valence-corrected chi connectivity index (χ1v) is 8.35. The maximum absolute atomic E-state index is 14.0. The van der Waals surface area contributed by atoms with Gasteiger partial charge >= 0.3 is 0 Å². The van der Waals surface area contributed by atoms with Crippen molar-refractivity contribution in [3.63, 3.8) is 0 Å². The summed E-state index contributed by atoms with van der Waals surface area (Å²) in [6.07, 6.45) is 0. The van der Waals surface area contributed by atoms with Crippen molar-refractivity contribution in [2.45, 2.75) is 38.6 Å². The Kier molecular flexibility index (Phi) is 4.88. The van der Waals surface area contributed by atoms with Crippen LogP contribution in [0.15, 0.2) is 21.5 Å². The molecule has 0 fully saturated rings. The molecule has 1 aromatic rings. The number of rotatable bonds is 3. The first-order chi connectivity index (χ1) is 8.89. The van der Waals surface area contributed by atoms with Gasteiger partial charge in [-0.25, -0.2) is 12.8 Å². The lowest BCUT2D eigenvalue weighted by atomic mass is 9.88. The molecule has 0 radical (unpaired) electrons. The Labute approximate surface area is 128 Å². The summed E-state index contributed by atoms with van der Waals surface area (Å²) in [5.74, 6) is -0.820. The number of benzene rings is 1. The van der Waals surface area contributed by atoms with Crippen LogP contribution < -0.4 is 5.73 Å². The van der Waals surface area contributed by atoms with Gasteiger partial charge in [-0.15, -0.1) is 0 Å². The Morgan fingerprint density at radius 1 is 1.35 bits per heavy atom. The molecule has 0 bridgehead atoms. The highest BCUT2D eigenvalue weighted by Gasteiger charge is 2.34. The lowest BCUT2D eigenvalue weighted by molar-refractivity contribution is 0.216. The molecule has 0 spiro atoms. The highest BCUT2D eigenvalue weighted by atomic mass is 79.9. The van der Waals surface area contributed by atoms with E-state index in [1.165, 1.54) is 11.4 Å². The van der Waals surface area contributed by atoms with Gasteiger partial charge in [-0.05, 0) is 40.4 Å². The maximum Gasteiger partial charge on any atom is 0.246 e. The highest BCUT2D eigenvalue weighted by molar-refractivity contribution is 9.10. The smallest absolute Gasteiger partial charge is 0.246 e. The summed E-state index contributed by atoms with van der Waals surface area (Å²) in [6, 6.07) is 1.91. The van der Waals surface area contributed by atoms with Crippen molar-refractivity contribution in [2.24, 2.45) is 5.41 Å². The zero-order valence-corrected chi connectivity index (χ0v) is 14.6. The Hall–Kier alpha value is -0.660. The van der Waals surface area contributed by atoms with Gasteiger partial charge in [0, 0.05) is 23.2 Å². The second-order valence-electron chi connectivity index (χ2n) is 5.87. The van der Waals surface area contributed by atoms with Crippen LogP contribution in [0.5, 0.6) is 0 Å². The molecule has 7 heteroatoms. The number of halogens is 2. The van der Waals surface area contributed by atoms with E-state index in [-0.39, 0.29) is 17.1 Å². The minimum atomic E-state index is -3.93. The van der Waals surface area contributed by atoms with Crippen LogP contribution in [-0.2, 0) is 10.0 Å². The normalized spacial score (nSPS) is 14.6. The van der Waals surface area contributed by atoms with Crippen molar-refractivity contribution in [3.8, 4) is 0 Å². The van der Waals surface area contributed by atoms with Gasteiger partial charge in [-0.1, -0.05) is 20.8 Å². The van der Waals surface area contributed by atoms with E-state index in [9.17, 15) is 12.8 Å². The SMILES string of the molecule is CC(N(C)S(=O)(=O)c1cc(N)c(Br)cc1F)C(C)(C)C. The summed E-state index contributed by atoms with van der Waals surface area (Å²) in [7, 11) is -2.49. The summed E-state index contributed by atoms with van der Waals surface area (Å²) >= 11 is 3.07. The Morgan fingerprint density at radius 3 is 2.30 bits per heavy atom. The molecule has 114 valence electrons. The number of sulfonamides is 1. The molecule has 0 amide bonds. The summed E-state index contributed by atoms with van der Waals surface area (Å²) in [5, 5.41) is 0. The van der Waals surface area contributed by atoms with E-state index in [1.807, 2.05) is 20.8 Å². The van der Waals surface area contributed by atoms with Crippen LogP contribution in [0.3, 0.4) is 0 Å². The maximum atomic E-state index is 14.0. The van der Waals surface area contributed by atoms with Gasteiger partial charge in [0.2, 0.25) is 10.0 Å². The topological polar surface area (TPSA) is 63.4 Å². The summed E-state index contributed by atoms with van der Waals surface area (Å²) in [4.78, 5) is -0.406. The molecular formula is C13H20BrFN2O2S. The average molecular weight is 367 g/mol. The lowest BCUT2D eigenvalue weighted by Gasteiger charge is -2.34. The molecule has 0 saturated heterocycles. The van der Waals surface area contributed by atoms with Crippen molar-refractivity contribution in [3.05, 3.63) is 22.4 Å². The third-order valence-electron chi connectivity index (χ3n) is 3.51. The molecule has 1 unspecified atom stereocenters. The monoisotopic (exact) mass is 366 g/mol. The van der Waals surface area contributed by atoms with Crippen LogP contribution >= 0.6 is 15.9 Å². The fourth-order valence-corrected chi connectivity index (χ4v) is 3.59. The van der Waals surface area contributed by atoms with Crippen molar-refractivity contribution in [1.29, 1.82) is 0 Å². The van der Waals surface area contributed by atoms with E-state index in [2.05, 4.69) is 15.9 Å². The van der Waals surface area contributed by atoms with E-state index in [0.717, 1.165) is 12.1 Å². The Balaban J connectivity index is 3.34. The van der Waals surface area contributed by atoms with Gasteiger partial charge in [-0.3, -0.25) is 0 Å². The van der Waals surface area contributed by atoms with Crippen LogP contribution in [0.25, 0.3) is 0 Å². The van der Waals surface area contributed by atoms with E-state index < -0.39 is 20.7 Å². The molecule has 4 nitrogen and oxygen atoms in total. The van der Waals surface area contributed by atoms with Crippen LogP contribution in [0.2, 0.25) is 0 Å². The molecule has 0 aromatic heterocycles. The van der Waals surface area contributed by atoms with Crippen molar-refractivity contribution in [1.82, 2.24) is 4.31 Å². The molecule has 1 atom stereocenters. The van der Waals surface area contributed by atoms with Crippen LogP contribution in [-0.4, -0.2) is 25.8 Å². The number of nitrogens with two attached hydrogens (primary N) is 1. The summed E-state index contributed by atoms with van der Waals surface area (Å²) in [5.41, 5.74) is 5.57. The van der Waals surface area contributed by atoms with Crippen molar-refractivity contribution >= 4 is 31.6 Å². The third-order valence-corrected chi connectivity index (χ3v) is 6.14. The predicted octanol–water partition coefficient (Wildman–Crippen LogP) is 3.23. The standard InChI is InChI=1S/C13H20BrFN2O2S/c1-8(13(2,3)4)17(5)20(18,19)12-7-11(16)9(14)6-10(12)15/h6-8H,16H2,1-5H3. The van der Waals surface area contributed by atoms with Gasteiger partial charge in [0.1, 0.15) is 10.7 Å². The zero-order valence-electron chi connectivity index (χ0n) is 12.2. The zero-order chi connectivity index (χ0) is 15.9. The first-order valence-electron chi connectivity index (χ1n) is 6.11. The van der Waals surface area contributed by atoms with Gasteiger partial charge < -0.3 is 5.73 Å². The van der Waals surface area contributed by atoms with Crippen molar-refractivity contribution in [2.75, 3.05) is 12.8 Å². The molecule has 1 aromatic carbocycles. The van der Waals surface area contributed by atoms with Crippen LogP contribution in [0.1, 0.15) is 27.7 Å². The van der Waals surface area contributed by atoms with Gasteiger partial charge in [0.25, 0.3) is 0 Å². The minimum Gasteiger partial charge on any atom is -0.398 e. The molecule has 0 saturated carbocycles. The molecule has 0 aliphatic carbocycles. The molecular weight excluding hydrogens is 347 g/mol. The first kappa shape index (κ1) is 17.4. The molecule has 2 N–H and O–H groups in total. The second-order valence-corrected chi connectivity index (χ2v) is 8.69. The average Bonchev–Trinajstić information content (AvgIpc) is 2.30. The predicted molar refractivity (Wildman–Crippen MR) is 82.4 cm³/mol. The number of hydrogen-bond acceptors (Lipinski definition) is 3. The largest absolute Gasteiger partial charge is 0.398 e. The summed E-state index contributed by atoms with van der Waals surface area (Å²) < 4.78 is 40.5. The number of nitrogens with zero attached hydrogens (tertiary/aromatic N) is 1. The number of hydrogen-bond donors (Lipinski definition) is 1. The lowest BCUT2D eigenvalue weighted by Crippen LogP contribution is -2.43. The fourth-order valence-electron chi connectivity index (χ4n) is 1.65. The Bertz CT molecular complexity index is 612. The van der Waals surface area contributed by atoms with E-state index in [0.29, 0.717) is 4.47 Å². The van der Waals surface area contributed by atoms with E-state index in [4.69, 9.17) is 5.73 Å². The molecule has 1 rings (SSSR count). The van der Waals surface area contributed by atoms with Crippen LogP contribution in [0, 0.1) is 11.2 Å². The molecule has 20 heavy (non-hydrogen) atoms. The summed E-state index contributed by atoms with van der Waals surface area (Å²) in [6.45, 7) is 7.57. The van der Waals surface area contributed by atoms with Gasteiger partial charge in [0.05, 0.1) is 0 Å². The molecule has 0 aliphatic rings. The van der Waals surface area contributed by atoms with Crippen LogP contribution in [0.4, 0.5) is 10.1 Å². The highest BCUT2D eigenvalue weighted by Crippen LogP contribution is 2.31. The molecule has 0 heterocycles. The Morgan fingerprint density at radius 2 is 1.85 bits per heavy atom. The number of nitrogen functional groups attached to an aromatic ring is 1. The second kappa shape index (κ2) is 5.61. The quantitative estimate of drug-likeness (QED) is 0.835. The van der Waals surface area contributed by atoms with E-state index >= 15 is 0 Å². The van der Waals surface area contributed by atoms with Gasteiger partial charge in [0.15, 0.2) is 0 Å². The third kappa shape index (κ3) is 3.32. The number of anilines is 1. The minimum absolute atomic E-state index is 0.182. The van der Waals surface area contributed by atoms with Crippen molar-refractivity contribution < 1.29 is 12.8 Å². The fraction of sp³-hybridized carbons (Fsp3) is 0.538. The molecule has 0 aliphatic heterocycles.